The first-order valence-electron chi connectivity index (χ1n) is 7.67. The van der Waals surface area contributed by atoms with Gasteiger partial charge >= 0.3 is 0 Å². The van der Waals surface area contributed by atoms with Crippen LogP contribution >= 0.6 is 15.9 Å². The maximum Gasteiger partial charge on any atom is 0.137 e. The zero-order valence-electron chi connectivity index (χ0n) is 11.7. The molecule has 0 aromatic heterocycles. The predicted octanol–water partition coefficient (Wildman–Crippen LogP) is 3.95. The molecule has 110 valence electrons. The SMILES string of the molecule is Fc1ccc(N2CCNC(C3CCCCC3)C2)cc1Br. The lowest BCUT2D eigenvalue weighted by Crippen LogP contribution is -2.54. The van der Waals surface area contributed by atoms with Gasteiger partial charge < -0.3 is 10.2 Å². The van der Waals surface area contributed by atoms with Crippen molar-refractivity contribution in [2.75, 3.05) is 24.5 Å². The number of nitrogens with one attached hydrogen (secondary N) is 1. The van der Waals surface area contributed by atoms with Gasteiger partial charge in [0.15, 0.2) is 0 Å². The van der Waals surface area contributed by atoms with Crippen LogP contribution in [0.5, 0.6) is 0 Å². The Morgan fingerprint density at radius 2 is 2.00 bits per heavy atom. The van der Waals surface area contributed by atoms with E-state index in [4.69, 9.17) is 0 Å². The first-order chi connectivity index (χ1) is 9.74. The highest BCUT2D eigenvalue weighted by Gasteiger charge is 2.28. The third kappa shape index (κ3) is 3.17. The summed E-state index contributed by atoms with van der Waals surface area (Å²) >= 11 is 3.29. The van der Waals surface area contributed by atoms with Crippen molar-refractivity contribution in [3.05, 3.63) is 28.5 Å². The lowest BCUT2D eigenvalue weighted by Gasteiger charge is -2.40. The third-order valence-electron chi connectivity index (χ3n) is 4.69. The molecule has 1 aliphatic carbocycles. The molecule has 20 heavy (non-hydrogen) atoms. The molecule has 1 N–H and O–H groups in total. The molecule has 2 nitrogen and oxygen atoms in total. The molecule has 1 aromatic carbocycles. The summed E-state index contributed by atoms with van der Waals surface area (Å²) in [6.45, 7) is 3.07. The number of rotatable bonds is 2. The van der Waals surface area contributed by atoms with E-state index < -0.39 is 0 Å². The molecule has 1 aliphatic heterocycles. The molecule has 4 heteroatoms. The van der Waals surface area contributed by atoms with E-state index in [1.54, 1.807) is 6.07 Å². The van der Waals surface area contributed by atoms with E-state index >= 15 is 0 Å². The topological polar surface area (TPSA) is 15.3 Å². The average Bonchev–Trinajstić information content (AvgIpc) is 2.51. The van der Waals surface area contributed by atoms with Gasteiger partial charge in [0, 0.05) is 31.4 Å². The molecule has 0 amide bonds. The highest BCUT2D eigenvalue weighted by Crippen LogP contribution is 2.30. The third-order valence-corrected chi connectivity index (χ3v) is 5.30. The second-order valence-electron chi connectivity index (χ2n) is 6.00. The minimum Gasteiger partial charge on any atom is -0.369 e. The van der Waals surface area contributed by atoms with Gasteiger partial charge in [-0.25, -0.2) is 4.39 Å². The van der Waals surface area contributed by atoms with Crippen molar-refractivity contribution in [1.29, 1.82) is 0 Å². The van der Waals surface area contributed by atoms with Crippen LogP contribution in [0.3, 0.4) is 0 Å². The molecule has 1 unspecified atom stereocenters. The number of halogens is 2. The first kappa shape index (κ1) is 14.3. The molecule has 0 spiro atoms. The molecule has 3 rings (SSSR count). The number of hydrogen-bond acceptors (Lipinski definition) is 2. The number of piperazine rings is 1. The van der Waals surface area contributed by atoms with Gasteiger partial charge in [0.25, 0.3) is 0 Å². The second kappa shape index (κ2) is 6.44. The average molecular weight is 341 g/mol. The normalized spacial score (nSPS) is 24.9. The van der Waals surface area contributed by atoms with Gasteiger partial charge in [-0.15, -0.1) is 0 Å². The predicted molar refractivity (Wildman–Crippen MR) is 84.7 cm³/mol. The van der Waals surface area contributed by atoms with Crippen molar-refractivity contribution in [2.24, 2.45) is 5.92 Å². The molecule has 2 fully saturated rings. The Hall–Kier alpha value is -0.610. The highest BCUT2D eigenvalue weighted by atomic mass is 79.9. The number of nitrogens with zero attached hydrogens (tertiary/aromatic N) is 1. The van der Waals surface area contributed by atoms with Crippen molar-refractivity contribution in [2.45, 2.75) is 38.1 Å². The van der Waals surface area contributed by atoms with Crippen LogP contribution in [0.25, 0.3) is 0 Å². The van der Waals surface area contributed by atoms with Crippen molar-refractivity contribution in [3.63, 3.8) is 0 Å². The van der Waals surface area contributed by atoms with Gasteiger partial charge in [-0.1, -0.05) is 19.3 Å². The fraction of sp³-hybridized carbons (Fsp3) is 0.625. The summed E-state index contributed by atoms with van der Waals surface area (Å²) in [6.07, 6.45) is 6.88. The van der Waals surface area contributed by atoms with Crippen molar-refractivity contribution >= 4 is 21.6 Å². The van der Waals surface area contributed by atoms with E-state index in [-0.39, 0.29) is 5.82 Å². The smallest absolute Gasteiger partial charge is 0.137 e. The summed E-state index contributed by atoms with van der Waals surface area (Å²) in [4.78, 5) is 2.39. The Labute approximate surface area is 128 Å². The van der Waals surface area contributed by atoms with E-state index in [1.165, 1.54) is 32.1 Å². The van der Waals surface area contributed by atoms with Crippen LogP contribution in [-0.2, 0) is 0 Å². The lowest BCUT2D eigenvalue weighted by molar-refractivity contribution is 0.257. The zero-order chi connectivity index (χ0) is 13.9. The van der Waals surface area contributed by atoms with Crippen molar-refractivity contribution in [3.8, 4) is 0 Å². The largest absolute Gasteiger partial charge is 0.369 e. The molecular formula is C16H22BrFN2. The molecule has 1 aromatic rings. The van der Waals surface area contributed by atoms with E-state index in [0.717, 1.165) is 31.2 Å². The van der Waals surface area contributed by atoms with Gasteiger partial charge in [0.1, 0.15) is 5.82 Å². The summed E-state index contributed by atoms with van der Waals surface area (Å²) in [6, 6.07) is 5.94. The standard InChI is InChI=1S/C16H22BrFN2/c17-14-10-13(6-7-15(14)18)20-9-8-19-16(11-20)12-4-2-1-3-5-12/h6-7,10,12,16,19H,1-5,8-9,11H2. The quantitative estimate of drug-likeness (QED) is 0.876. The van der Waals surface area contributed by atoms with Gasteiger partial charge in [-0.05, 0) is 52.9 Å². The Morgan fingerprint density at radius 1 is 1.20 bits per heavy atom. The van der Waals surface area contributed by atoms with Crippen molar-refractivity contribution < 1.29 is 4.39 Å². The maximum absolute atomic E-state index is 13.4. The zero-order valence-corrected chi connectivity index (χ0v) is 13.3. The summed E-state index contributed by atoms with van der Waals surface area (Å²) in [5.74, 6) is 0.628. The molecule has 1 atom stereocenters. The van der Waals surface area contributed by atoms with Crippen LogP contribution in [0, 0.1) is 11.7 Å². The molecule has 1 heterocycles. The van der Waals surface area contributed by atoms with Gasteiger partial charge in [-0.3, -0.25) is 0 Å². The number of anilines is 1. The highest BCUT2D eigenvalue weighted by molar-refractivity contribution is 9.10. The Morgan fingerprint density at radius 3 is 2.75 bits per heavy atom. The summed E-state index contributed by atoms with van der Waals surface area (Å²) in [5, 5.41) is 3.69. The van der Waals surface area contributed by atoms with Gasteiger partial charge in [0.05, 0.1) is 4.47 Å². The minimum atomic E-state index is -0.187. The molecule has 0 radical (unpaired) electrons. The molecule has 1 saturated heterocycles. The Bertz CT molecular complexity index is 460. The molecular weight excluding hydrogens is 319 g/mol. The first-order valence-corrected chi connectivity index (χ1v) is 8.47. The van der Waals surface area contributed by atoms with Crippen LogP contribution < -0.4 is 10.2 Å². The summed E-state index contributed by atoms with van der Waals surface area (Å²) < 4.78 is 13.9. The molecule has 1 saturated carbocycles. The van der Waals surface area contributed by atoms with E-state index in [0.29, 0.717) is 10.5 Å². The number of benzene rings is 1. The summed E-state index contributed by atoms with van der Waals surface area (Å²) in [7, 11) is 0. The van der Waals surface area contributed by atoms with E-state index in [2.05, 4.69) is 26.1 Å². The van der Waals surface area contributed by atoms with Gasteiger partial charge in [0.2, 0.25) is 0 Å². The van der Waals surface area contributed by atoms with Crippen LogP contribution in [0.4, 0.5) is 10.1 Å². The van der Waals surface area contributed by atoms with Crippen molar-refractivity contribution in [1.82, 2.24) is 5.32 Å². The monoisotopic (exact) mass is 340 g/mol. The molecule has 0 bridgehead atoms. The Kier molecular flexibility index (Phi) is 4.61. The van der Waals surface area contributed by atoms with Crippen LogP contribution in [0.2, 0.25) is 0 Å². The lowest BCUT2D eigenvalue weighted by atomic mass is 9.83. The molecule has 2 aliphatic rings. The maximum atomic E-state index is 13.4. The second-order valence-corrected chi connectivity index (χ2v) is 6.86. The number of hydrogen-bond donors (Lipinski definition) is 1. The van der Waals surface area contributed by atoms with Gasteiger partial charge in [-0.2, -0.15) is 0 Å². The fourth-order valence-electron chi connectivity index (χ4n) is 3.55. The fourth-order valence-corrected chi connectivity index (χ4v) is 3.91. The Balaban J connectivity index is 1.69. The van der Waals surface area contributed by atoms with E-state index in [1.807, 2.05) is 12.1 Å². The minimum absolute atomic E-state index is 0.187. The van der Waals surface area contributed by atoms with Crippen LogP contribution in [0.1, 0.15) is 32.1 Å². The van der Waals surface area contributed by atoms with Crippen LogP contribution in [0.15, 0.2) is 22.7 Å². The summed E-state index contributed by atoms with van der Waals surface area (Å²) in [5.41, 5.74) is 1.13. The van der Waals surface area contributed by atoms with Crippen LogP contribution in [-0.4, -0.2) is 25.7 Å². The van der Waals surface area contributed by atoms with E-state index in [9.17, 15) is 4.39 Å².